The third-order valence-corrected chi connectivity index (χ3v) is 5.48. The summed E-state index contributed by atoms with van der Waals surface area (Å²) in [7, 11) is 0. The molecule has 0 spiro atoms. The van der Waals surface area contributed by atoms with Crippen LogP contribution in [0.2, 0.25) is 0 Å². The van der Waals surface area contributed by atoms with Crippen LogP contribution in [0, 0.1) is 18.7 Å². The zero-order valence-electron chi connectivity index (χ0n) is 14.6. The summed E-state index contributed by atoms with van der Waals surface area (Å²) >= 11 is 0. The number of aryl methyl sites for hydroxylation is 1. The molecule has 4 nitrogen and oxygen atoms in total. The van der Waals surface area contributed by atoms with Crippen LogP contribution in [0.1, 0.15) is 42.7 Å². The van der Waals surface area contributed by atoms with Crippen LogP contribution in [0.25, 0.3) is 0 Å². The molecule has 2 fully saturated rings. The molecular weight excluding hydrogens is 317 g/mol. The fourth-order valence-corrected chi connectivity index (χ4v) is 4.02. The van der Waals surface area contributed by atoms with Gasteiger partial charge in [-0.1, -0.05) is 12.1 Å². The highest BCUT2D eigenvalue weighted by Gasteiger charge is 2.47. The van der Waals surface area contributed by atoms with E-state index in [2.05, 4.69) is 10.00 Å². The van der Waals surface area contributed by atoms with Crippen molar-refractivity contribution in [2.45, 2.75) is 51.1 Å². The van der Waals surface area contributed by atoms with Crippen LogP contribution < -0.4 is 0 Å². The van der Waals surface area contributed by atoms with Crippen molar-refractivity contribution < 1.29 is 9.18 Å². The third kappa shape index (κ3) is 3.46. The highest BCUT2D eigenvalue weighted by molar-refractivity contribution is 5.83. The van der Waals surface area contributed by atoms with Gasteiger partial charge in [0, 0.05) is 18.7 Å². The highest BCUT2D eigenvalue weighted by atomic mass is 19.1. The molecule has 5 heteroatoms. The van der Waals surface area contributed by atoms with E-state index in [1.807, 2.05) is 36.1 Å². The average Bonchev–Trinajstić information content (AvgIpc) is 3.31. The number of amides is 1. The lowest BCUT2D eigenvalue weighted by Crippen LogP contribution is -2.46. The summed E-state index contributed by atoms with van der Waals surface area (Å²) < 4.78 is 15.0. The maximum atomic E-state index is 13.1. The summed E-state index contributed by atoms with van der Waals surface area (Å²) in [5, 5.41) is 4.38. The SMILES string of the molecule is Cc1cnn(CC2CCCCN2C(=O)C2CC2c2ccc(F)cc2)c1. The first kappa shape index (κ1) is 16.3. The molecule has 0 radical (unpaired) electrons. The van der Waals surface area contributed by atoms with Gasteiger partial charge in [0.25, 0.3) is 0 Å². The van der Waals surface area contributed by atoms with E-state index in [-0.39, 0.29) is 29.6 Å². The Balaban J connectivity index is 1.43. The van der Waals surface area contributed by atoms with Gasteiger partial charge in [0.1, 0.15) is 5.82 Å². The topological polar surface area (TPSA) is 38.1 Å². The van der Waals surface area contributed by atoms with Gasteiger partial charge in [0.2, 0.25) is 5.91 Å². The largest absolute Gasteiger partial charge is 0.338 e. The minimum absolute atomic E-state index is 0.0606. The number of piperidine rings is 1. The van der Waals surface area contributed by atoms with Gasteiger partial charge in [0.15, 0.2) is 0 Å². The monoisotopic (exact) mass is 341 g/mol. The van der Waals surface area contributed by atoms with Crippen molar-refractivity contribution >= 4 is 5.91 Å². The van der Waals surface area contributed by atoms with Crippen molar-refractivity contribution in [3.05, 3.63) is 53.6 Å². The third-order valence-electron chi connectivity index (χ3n) is 5.48. The molecule has 1 aromatic heterocycles. The van der Waals surface area contributed by atoms with Gasteiger partial charge in [-0.2, -0.15) is 5.10 Å². The van der Waals surface area contributed by atoms with Crippen molar-refractivity contribution in [1.82, 2.24) is 14.7 Å². The number of rotatable bonds is 4. The fourth-order valence-electron chi connectivity index (χ4n) is 4.02. The van der Waals surface area contributed by atoms with Crippen molar-refractivity contribution in [1.29, 1.82) is 0 Å². The van der Waals surface area contributed by atoms with Crippen molar-refractivity contribution in [3.63, 3.8) is 0 Å². The highest BCUT2D eigenvalue weighted by Crippen LogP contribution is 2.49. The van der Waals surface area contributed by atoms with Crippen LogP contribution in [0.15, 0.2) is 36.7 Å². The molecule has 3 atom stereocenters. The van der Waals surface area contributed by atoms with Gasteiger partial charge in [-0.15, -0.1) is 0 Å². The second-order valence-corrected chi connectivity index (χ2v) is 7.42. The maximum Gasteiger partial charge on any atom is 0.226 e. The minimum atomic E-state index is -0.224. The van der Waals surface area contributed by atoms with Gasteiger partial charge < -0.3 is 4.90 Å². The lowest BCUT2D eigenvalue weighted by atomic mass is 10.0. The summed E-state index contributed by atoms with van der Waals surface area (Å²) in [5.41, 5.74) is 2.23. The van der Waals surface area contributed by atoms with Crippen LogP contribution in [0.4, 0.5) is 4.39 Å². The minimum Gasteiger partial charge on any atom is -0.338 e. The molecule has 25 heavy (non-hydrogen) atoms. The maximum absolute atomic E-state index is 13.1. The van der Waals surface area contributed by atoms with E-state index in [0.29, 0.717) is 0 Å². The molecule has 0 bridgehead atoms. The number of carbonyl (C=O) groups is 1. The molecule has 2 aromatic rings. The number of hydrogen-bond acceptors (Lipinski definition) is 2. The van der Waals surface area contributed by atoms with E-state index < -0.39 is 0 Å². The predicted molar refractivity (Wildman–Crippen MR) is 93.6 cm³/mol. The Kier molecular flexibility index (Phi) is 4.32. The van der Waals surface area contributed by atoms with Gasteiger partial charge in [0.05, 0.1) is 18.8 Å². The van der Waals surface area contributed by atoms with Crippen molar-refractivity contribution in [3.8, 4) is 0 Å². The van der Waals surface area contributed by atoms with Crippen molar-refractivity contribution in [2.24, 2.45) is 5.92 Å². The Hall–Kier alpha value is -2.17. The van der Waals surface area contributed by atoms with Crippen LogP contribution in [-0.2, 0) is 11.3 Å². The average molecular weight is 341 g/mol. The van der Waals surface area contributed by atoms with E-state index in [4.69, 9.17) is 0 Å². The number of halogens is 1. The van der Waals surface area contributed by atoms with E-state index in [1.54, 1.807) is 0 Å². The lowest BCUT2D eigenvalue weighted by Gasteiger charge is -2.36. The molecule has 1 aliphatic carbocycles. The molecule has 1 aliphatic heterocycles. The molecule has 1 aromatic carbocycles. The lowest BCUT2D eigenvalue weighted by molar-refractivity contribution is -0.136. The summed E-state index contributed by atoms with van der Waals surface area (Å²) in [6, 6.07) is 6.83. The molecular formula is C20H24FN3O. The van der Waals surface area contributed by atoms with E-state index in [9.17, 15) is 9.18 Å². The first-order valence-corrected chi connectivity index (χ1v) is 9.17. The number of nitrogens with zero attached hydrogens (tertiary/aromatic N) is 3. The second-order valence-electron chi connectivity index (χ2n) is 7.42. The quantitative estimate of drug-likeness (QED) is 0.853. The summed E-state index contributed by atoms with van der Waals surface area (Å²) in [5.74, 6) is 0.355. The molecule has 1 amide bonds. The van der Waals surface area contributed by atoms with E-state index >= 15 is 0 Å². The Bertz CT molecular complexity index is 755. The molecule has 3 unspecified atom stereocenters. The van der Waals surface area contributed by atoms with E-state index in [1.165, 1.54) is 18.6 Å². The predicted octanol–water partition coefficient (Wildman–Crippen LogP) is 3.52. The zero-order valence-corrected chi connectivity index (χ0v) is 14.6. The number of aromatic nitrogens is 2. The summed E-state index contributed by atoms with van der Waals surface area (Å²) in [6.07, 6.45) is 8.07. The standard InChI is InChI=1S/C20H24FN3O/c1-14-11-22-23(12-14)13-17-4-2-3-9-24(17)20(25)19-10-18(19)15-5-7-16(21)8-6-15/h5-8,11-12,17-19H,2-4,9-10,13H2,1H3. The molecule has 4 rings (SSSR count). The van der Waals surface area contributed by atoms with Gasteiger partial charge in [-0.05, 0) is 61.8 Å². The van der Waals surface area contributed by atoms with Gasteiger partial charge >= 0.3 is 0 Å². The van der Waals surface area contributed by atoms with Crippen LogP contribution in [0.3, 0.4) is 0 Å². The van der Waals surface area contributed by atoms with Gasteiger partial charge in [-0.3, -0.25) is 9.48 Å². The Labute approximate surface area is 147 Å². The molecule has 132 valence electrons. The zero-order chi connectivity index (χ0) is 17.4. The fraction of sp³-hybridized carbons (Fsp3) is 0.500. The number of likely N-dealkylation sites (tertiary alicyclic amines) is 1. The first-order chi connectivity index (χ1) is 12.1. The molecule has 0 N–H and O–H groups in total. The normalized spacial score (nSPS) is 25.8. The molecule has 1 saturated heterocycles. The first-order valence-electron chi connectivity index (χ1n) is 9.17. The smallest absolute Gasteiger partial charge is 0.226 e. The summed E-state index contributed by atoms with van der Waals surface area (Å²) in [6.45, 7) is 3.65. The van der Waals surface area contributed by atoms with E-state index in [0.717, 1.165) is 43.5 Å². The number of carbonyl (C=O) groups excluding carboxylic acids is 1. The molecule has 2 heterocycles. The number of hydrogen-bond donors (Lipinski definition) is 0. The van der Waals surface area contributed by atoms with Crippen LogP contribution in [-0.4, -0.2) is 33.2 Å². The summed E-state index contributed by atoms with van der Waals surface area (Å²) in [4.78, 5) is 15.1. The van der Waals surface area contributed by atoms with Crippen molar-refractivity contribution in [2.75, 3.05) is 6.54 Å². The molecule has 2 aliphatic rings. The molecule has 1 saturated carbocycles. The Morgan fingerprint density at radius 2 is 2.08 bits per heavy atom. The van der Waals surface area contributed by atoms with Gasteiger partial charge in [-0.25, -0.2) is 4.39 Å². The Morgan fingerprint density at radius 1 is 1.28 bits per heavy atom. The van der Waals surface area contributed by atoms with Crippen LogP contribution in [0.5, 0.6) is 0 Å². The van der Waals surface area contributed by atoms with Crippen LogP contribution >= 0.6 is 0 Å². The second kappa shape index (κ2) is 6.62. The Morgan fingerprint density at radius 3 is 2.80 bits per heavy atom. The number of benzene rings is 1.